The maximum Gasteiger partial charge on any atom is 0.345 e. The molecule has 1 heterocycles. The van der Waals surface area contributed by atoms with E-state index in [9.17, 15) is 9.36 Å². The molecule has 0 amide bonds. The van der Waals surface area contributed by atoms with E-state index >= 15 is 0 Å². The minimum absolute atomic E-state index is 0.194. The van der Waals surface area contributed by atoms with E-state index in [1.165, 1.54) is 0 Å². The minimum Gasteiger partial charge on any atom is -0.465 e. The van der Waals surface area contributed by atoms with E-state index in [1.807, 2.05) is 31.2 Å². The molecular formula is C18H26NO5P. The molecule has 0 spiro atoms. The third-order valence-corrected chi connectivity index (χ3v) is 6.38. The lowest BCUT2D eigenvalue weighted by molar-refractivity contribution is -0.143. The number of hydrogen-bond acceptors (Lipinski definition) is 5. The Balaban J connectivity index is 2.46. The van der Waals surface area contributed by atoms with Gasteiger partial charge in [0.15, 0.2) is 5.66 Å². The standard InChI is InChI=1S/C18H26NO5P/c1-5-22-18(20)17(25(21,23-6-2)24-7-3)12-15-13(4)19-16-11-9-8-10-14(15)16/h8-11,17,19H,5-7,12H2,1-4H3. The van der Waals surface area contributed by atoms with Gasteiger partial charge in [-0.3, -0.25) is 9.36 Å². The zero-order chi connectivity index (χ0) is 18.4. The van der Waals surface area contributed by atoms with E-state index < -0.39 is 19.2 Å². The minimum atomic E-state index is -3.64. The maximum absolute atomic E-state index is 13.2. The van der Waals surface area contributed by atoms with Gasteiger partial charge in [0.2, 0.25) is 0 Å². The number of ether oxygens (including phenoxy) is 1. The number of fused-ring (bicyclic) bond motifs is 1. The summed E-state index contributed by atoms with van der Waals surface area (Å²) in [5.74, 6) is -0.558. The van der Waals surface area contributed by atoms with Gasteiger partial charge in [0, 0.05) is 16.6 Å². The molecule has 1 unspecified atom stereocenters. The van der Waals surface area contributed by atoms with Crippen LogP contribution in [-0.2, 0) is 29.6 Å². The van der Waals surface area contributed by atoms with Crippen LogP contribution >= 0.6 is 7.60 Å². The fraction of sp³-hybridized carbons (Fsp3) is 0.500. The Morgan fingerprint density at radius 2 is 1.76 bits per heavy atom. The number of nitrogens with one attached hydrogen (secondary N) is 1. The molecule has 0 aliphatic carbocycles. The Bertz CT molecular complexity index is 760. The van der Waals surface area contributed by atoms with Gasteiger partial charge in [-0.25, -0.2) is 0 Å². The molecule has 0 bridgehead atoms. The van der Waals surface area contributed by atoms with E-state index in [4.69, 9.17) is 13.8 Å². The van der Waals surface area contributed by atoms with Crippen molar-refractivity contribution in [3.05, 3.63) is 35.5 Å². The summed E-state index contributed by atoms with van der Waals surface area (Å²) >= 11 is 0. The number of esters is 1. The molecule has 6 nitrogen and oxygen atoms in total. The van der Waals surface area contributed by atoms with Crippen LogP contribution < -0.4 is 0 Å². The van der Waals surface area contributed by atoms with Crippen molar-refractivity contribution in [2.75, 3.05) is 19.8 Å². The zero-order valence-electron chi connectivity index (χ0n) is 15.2. The summed E-state index contributed by atoms with van der Waals surface area (Å²) in [4.78, 5) is 15.8. The van der Waals surface area contributed by atoms with Gasteiger partial charge in [-0.1, -0.05) is 18.2 Å². The van der Waals surface area contributed by atoms with Gasteiger partial charge in [0.25, 0.3) is 0 Å². The molecule has 1 atom stereocenters. The summed E-state index contributed by atoms with van der Waals surface area (Å²) in [6.45, 7) is 7.71. The van der Waals surface area contributed by atoms with Gasteiger partial charge < -0.3 is 18.8 Å². The molecule has 25 heavy (non-hydrogen) atoms. The fourth-order valence-corrected chi connectivity index (χ4v) is 4.82. The molecule has 7 heteroatoms. The molecule has 1 aromatic heterocycles. The molecule has 0 aliphatic rings. The van der Waals surface area contributed by atoms with Crippen LogP contribution in [0.1, 0.15) is 32.0 Å². The van der Waals surface area contributed by atoms with Crippen LogP contribution in [0, 0.1) is 6.92 Å². The first-order chi connectivity index (χ1) is 12.0. The average Bonchev–Trinajstić information content (AvgIpc) is 2.88. The first-order valence-electron chi connectivity index (χ1n) is 8.58. The number of aryl methyl sites for hydroxylation is 1. The second-order valence-electron chi connectivity index (χ2n) is 5.62. The van der Waals surface area contributed by atoms with E-state index in [0.717, 1.165) is 22.2 Å². The maximum atomic E-state index is 13.2. The number of aromatic nitrogens is 1. The van der Waals surface area contributed by atoms with Crippen LogP contribution in [0.4, 0.5) is 0 Å². The highest BCUT2D eigenvalue weighted by atomic mass is 31.2. The summed E-state index contributed by atoms with van der Waals surface area (Å²) in [5, 5.41) is 0.994. The molecule has 0 saturated heterocycles. The molecule has 2 rings (SSSR count). The van der Waals surface area contributed by atoms with Gasteiger partial charge >= 0.3 is 13.6 Å². The number of hydrogen-bond donors (Lipinski definition) is 1. The average molecular weight is 367 g/mol. The van der Waals surface area contributed by atoms with Crippen LogP contribution in [0.2, 0.25) is 0 Å². The number of carbonyl (C=O) groups excluding carboxylic acids is 1. The topological polar surface area (TPSA) is 77.6 Å². The Morgan fingerprint density at radius 3 is 2.36 bits per heavy atom. The van der Waals surface area contributed by atoms with Crippen LogP contribution in [0.5, 0.6) is 0 Å². The lowest BCUT2D eigenvalue weighted by atomic mass is 10.1. The summed E-state index contributed by atoms with van der Waals surface area (Å²) in [5.41, 5.74) is 1.83. The molecule has 0 saturated carbocycles. The smallest absolute Gasteiger partial charge is 0.345 e. The molecule has 1 N–H and O–H groups in total. The predicted molar refractivity (Wildman–Crippen MR) is 98.0 cm³/mol. The van der Waals surface area contributed by atoms with Crippen molar-refractivity contribution in [1.82, 2.24) is 4.98 Å². The molecule has 138 valence electrons. The first kappa shape index (κ1) is 19.7. The summed E-state index contributed by atoms with van der Waals surface area (Å²) in [6, 6.07) is 7.82. The van der Waals surface area contributed by atoms with Gasteiger partial charge in [0.05, 0.1) is 19.8 Å². The van der Waals surface area contributed by atoms with Crippen LogP contribution in [0.25, 0.3) is 10.9 Å². The van der Waals surface area contributed by atoms with Gasteiger partial charge in [-0.2, -0.15) is 0 Å². The van der Waals surface area contributed by atoms with Crippen molar-refractivity contribution in [2.45, 2.75) is 39.8 Å². The van der Waals surface area contributed by atoms with E-state index in [2.05, 4.69) is 4.98 Å². The second-order valence-corrected chi connectivity index (χ2v) is 7.84. The SMILES string of the molecule is CCOC(=O)C(Cc1c(C)[nH]c2ccccc12)P(=O)(OCC)OCC. The molecular weight excluding hydrogens is 341 g/mol. The number of aromatic amines is 1. The normalized spacial score (nSPS) is 13.1. The highest BCUT2D eigenvalue weighted by molar-refractivity contribution is 7.55. The van der Waals surface area contributed by atoms with Crippen molar-refractivity contribution in [3.8, 4) is 0 Å². The zero-order valence-corrected chi connectivity index (χ0v) is 16.1. The summed E-state index contributed by atoms with van der Waals surface area (Å²) in [6.07, 6.45) is 0.228. The number of H-pyrrole nitrogens is 1. The third kappa shape index (κ3) is 4.32. The van der Waals surface area contributed by atoms with Crippen molar-refractivity contribution in [1.29, 1.82) is 0 Å². The second kappa shape index (κ2) is 8.65. The van der Waals surface area contributed by atoms with Crippen LogP contribution in [-0.4, -0.2) is 36.4 Å². The van der Waals surface area contributed by atoms with Crippen molar-refractivity contribution >= 4 is 24.5 Å². The number of rotatable bonds is 9. The lowest BCUT2D eigenvalue weighted by Gasteiger charge is -2.25. The lowest BCUT2D eigenvalue weighted by Crippen LogP contribution is -2.28. The van der Waals surface area contributed by atoms with E-state index in [0.29, 0.717) is 0 Å². The number of benzene rings is 1. The number of carbonyl (C=O) groups is 1. The first-order valence-corrected chi connectivity index (χ1v) is 10.2. The Kier molecular flexibility index (Phi) is 6.82. The fourth-order valence-electron chi connectivity index (χ4n) is 2.93. The molecule has 0 aliphatic heterocycles. The predicted octanol–water partition coefficient (Wildman–Crippen LogP) is 4.22. The molecule has 0 fully saturated rings. The van der Waals surface area contributed by atoms with Crippen LogP contribution in [0.3, 0.4) is 0 Å². The van der Waals surface area contributed by atoms with Gasteiger partial charge in [-0.05, 0) is 45.7 Å². The Morgan fingerprint density at radius 1 is 1.12 bits per heavy atom. The van der Waals surface area contributed by atoms with Gasteiger partial charge in [-0.15, -0.1) is 0 Å². The monoisotopic (exact) mass is 367 g/mol. The van der Waals surface area contributed by atoms with Crippen molar-refractivity contribution in [3.63, 3.8) is 0 Å². The van der Waals surface area contributed by atoms with Crippen molar-refractivity contribution < 1.29 is 23.1 Å². The van der Waals surface area contributed by atoms with Crippen molar-refractivity contribution in [2.24, 2.45) is 0 Å². The van der Waals surface area contributed by atoms with E-state index in [-0.39, 0.29) is 26.2 Å². The summed E-state index contributed by atoms with van der Waals surface area (Å²) in [7, 11) is -3.64. The number of para-hydroxylation sites is 1. The largest absolute Gasteiger partial charge is 0.465 e. The van der Waals surface area contributed by atoms with Gasteiger partial charge in [0.1, 0.15) is 0 Å². The molecule has 2 aromatic rings. The molecule has 1 aromatic carbocycles. The van der Waals surface area contributed by atoms with E-state index in [1.54, 1.807) is 20.8 Å². The quantitative estimate of drug-likeness (QED) is 0.530. The Labute approximate surface area is 148 Å². The molecule has 0 radical (unpaired) electrons. The Hall–Kier alpha value is -1.62. The third-order valence-electron chi connectivity index (χ3n) is 3.98. The van der Waals surface area contributed by atoms with Crippen LogP contribution in [0.15, 0.2) is 24.3 Å². The highest BCUT2D eigenvalue weighted by Crippen LogP contribution is 2.54. The summed E-state index contributed by atoms with van der Waals surface area (Å²) < 4.78 is 29.3. The highest BCUT2D eigenvalue weighted by Gasteiger charge is 2.42.